The van der Waals surface area contributed by atoms with Crippen LogP contribution in [-0.4, -0.2) is 123 Å². The van der Waals surface area contributed by atoms with E-state index in [0.29, 0.717) is 28.3 Å². The molecule has 0 bridgehead atoms. The molecule has 3 aromatic rings. The van der Waals surface area contributed by atoms with Gasteiger partial charge in [-0.1, -0.05) is 16.5 Å². The van der Waals surface area contributed by atoms with Gasteiger partial charge in [-0.3, -0.25) is 9.59 Å². The molecule has 2 amide bonds. The van der Waals surface area contributed by atoms with Gasteiger partial charge in [0.25, 0.3) is 0 Å². The van der Waals surface area contributed by atoms with Crippen molar-refractivity contribution in [3.63, 3.8) is 0 Å². The fraction of sp³-hybridized carbons (Fsp3) is 0.586. The Hall–Kier alpha value is -3.96. The van der Waals surface area contributed by atoms with Gasteiger partial charge < -0.3 is 63.5 Å². The van der Waals surface area contributed by atoms with Crippen LogP contribution in [0, 0.1) is 6.92 Å². The number of anilines is 2. The SMILES string of the molecule is Cc1c(NC(=O)Cn2cc(CO[C@H]3[C@H](O)[C@@H](O)[C@H](N)C[C@@H]3N)nn2)cccc1NC(=O)Cn1cc(CO[C@H]2[C@H](O)[C@@H](O)[C@H](N)C[C@@H]2N)nn1. The van der Waals surface area contributed by atoms with Gasteiger partial charge in [0.1, 0.15) is 48.9 Å². The van der Waals surface area contributed by atoms with Crippen LogP contribution < -0.4 is 33.6 Å². The average molecular weight is 689 g/mol. The maximum absolute atomic E-state index is 12.8. The number of nitrogens with two attached hydrogens (primary N) is 4. The highest BCUT2D eigenvalue weighted by Gasteiger charge is 2.42. The maximum atomic E-state index is 12.8. The molecule has 2 fully saturated rings. The Morgan fingerprint density at radius 1 is 0.735 bits per heavy atom. The number of rotatable bonds is 12. The number of benzene rings is 1. The van der Waals surface area contributed by atoms with Crippen LogP contribution in [0.4, 0.5) is 11.4 Å². The van der Waals surface area contributed by atoms with Gasteiger partial charge in [-0.05, 0) is 37.5 Å². The minimum absolute atomic E-state index is 0.0521. The van der Waals surface area contributed by atoms with Crippen LogP contribution >= 0.6 is 0 Å². The Labute approximate surface area is 280 Å². The van der Waals surface area contributed by atoms with Crippen molar-refractivity contribution in [1.29, 1.82) is 0 Å². The molecule has 1 aromatic carbocycles. The Balaban J connectivity index is 1.09. The second kappa shape index (κ2) is 15.7. The number of amides is 2. The third-order valence-corrected chi connectivity index (χ3v) is 8.70. The maximum Gasteiger partial charge on any atom is 0.246 e. The summed E-state index contributed by atoms with van der Waals surface area (Å²) >= 11 is 0. The number of hydrogen-bond donors (Lipinski definition) is 10. The molecule has 2 heterocycles. The molecule has 2 saturated carbocycles. The molecule has 20 heteroatoms. The van der Waals surface area contributed by atoms with Crippen LogP contribution in [0.2, 0.25) is 0 Å². The quantitative estimate of drug-likeness (QED) is 0.0862. The molecule has 20 nitrogen and oxygen atoms in total. The molecule has 0 saturated heterocycles. The fourth-order valence-corrected chi connectivity index (χ4v) is 5.93. The first-order valence-corrected chi connectivity index (χ1v) is 15.8. The average Bonchev–Trinajstić information content (AvgIpc) is 3.69. The highest BCUT2D eigenvalue weighted by Crippen LogP contribution is 2.25. The zero-order valence-electron chi connectivity index (χ0n) is 26.8. The molecular formula is C29H44N12O8. The van der Waals surface area contributed by atoms with Gasteiger partial charge in [-0.2, -0.15) is 0 Å². The van der Waals surface area contributed by atoms with Gasteiger partial charge >= 0.3 is 0 Å². The lowest BCUT2D eigenvalue weighted by Gasteiger charge is -2.39. The Morgan fingerprint density at radius 3 is 1.55 bits per heavy atom. The van der Waals surface area contributed by atoms with E-state index in [1.54, 1.807) is 25.1 Å². The molecule has 2 aromatic heterocycles. The minimum atomic E-state index is -1.25. The Morgan fingerprint density at radius 2 is 1.14 bits per heavy atom. The number of ether oxygens (including phenoxy) is 2. The second-order valence-electron chi connectivity index (χ2n) is 12.5. The summed E-state index contributed by atoms with van der Waals surface area (Å²) in [6, 6.07) is 2.62. The fourth-order valence-electron chi connectivity index (χ4n) is 5.93. The van der Waals surface area contributed by atoms with Crippen LogP contribution in [0.3, 0.4) is 0 Å². The summed E-state index contributed by atoms with van der Waals surface area (Å²) in [5, 5.41) is 62.1. The molecular weight excluding hydrogens is 644 g/mol. The first-order chi connectivity index (χ1) is 23.3. The third kappa shape index (κ3) is 8.80. The van der Waals surface area contributed by atoms with Crippen molar-refractivity contribution in [3.8, 4) is 0 Å². The first kappa shape index (κ1) is 36.3. The van der Waals surface area contributed by atoms with Gasteiger partial charge in [-0.15, -0.1) is 10.2 Å². The number of carbonyl (C=O) groups is 2. The van der Waals surface area contributed by atoms with E-state index in [-0.39, 0.29) is 39.1 Å². The van der Waals surface area contributed by atoms with Crippen LogP contribution in [-0.2, 0) is 45.4 Å². The van der Waals surface area contributed by atoms with Gasteiger partial charge in [-0.25, -0.2) is 9.36 Å². The molecule has 10 atom stereocenters. The van der Waals surface area contributed by atoms with Crippen molar-refractivity contribution in [3.05, 3.63) is 47.5 Å². The first-order valence-electron chi connectivity index (χ1n) is 15.8. The minimum Gasteiger partial charge on any atom is -0.389 e. The van der Waals surface area contributed by atoms with E-state index >= 15 is 0 Å². The number of aromatic nitrogens is 6. The summed E-state index contributed by atoms with van der Waals surface area (Å²) in [7, 11) is 0. The predicted octanol–water partition coefficient (Wildman–Crippen LogP) is -4.21. The molecule has 0 unspecified atom stereocenters. The molecule has 14 N–H and O–H groups in total. The second-order valence-corrected chi connectivity index (χ2v) is 12.5. The lowest BCUT2D eigenvalue weighted by atomic mass is 9.85. The number of aliphatic hydroxyl groups is 4. The molecule has 0 radical (unpaired) electrons. The van der Waals surface area contributed by atoms with E-state index in [2.05, 4.69) is 31.3 Å². The summed E-state index contributed by atoms with van der Waals surface area (Å²) < 4.78 is 14.0. The molecule has 49 heavy (non-hydrogen) atoms. The van der Waals surface area contributed by atoms with Crippen LogP contribution in [0.15, 0.2) is 30.6 Å². The van der Waals surface area contributed by atoms with E-state index in [9.17, 15) is 30.0 Å². The predicted molar refractivity (Wildman–Crippen MR) is 171 cm³/mol. The molecule has 0 spiro atoms. The smallest absolute Gasteiger partial charge is 0.246 e. The Kier molecular flexibility index (Phi) is 11.7. The van der Waals surface area contributed by atoms with Crippen LogP contribution in [0.1, 0.15) is 29.8 Å². The van der Waals surface area contributed by atoms with Gasteiger partial charge in [0, 0.05) is 35.5 Å². The summed E-state index contributed by atoms with van der Waals surface area (Å²) in [5.41, 5.74) is 26.0. The standard InChI is InChI=1S/C29H44N12O8/c1-13-20(34-22(42)9-40-7-14(36-38-40)11-48-28-18(32)5-16(30)24(44)26(28)46)3-2-4-21(13)35-23(43)10-41-8-15(37-39-41)12-49-29-19(33)6-17(31)25(45)27(29)47/h2-4,7-8,16-19,24-29,44-47H,5-6,9-12,30-33H2,1H3,(H,34,42)(H,35,43)/t16-,17-,18+,19+,24+,25+,26-,27-,28-,29-/m1/s1. The largest absolute Gasteiger partial charge is 0.389 e. The van der Waals surface area contributed by atoms with E-state index in [1.807, 2.05) is 0 Å². The number of carbonyl (C=O) groups excluding carboxylic acids is 2. The molecule has 268 valence electrons. The van der Waals surface area contributed by atoms with E-state index in [4.69, 9.17) is 32.4 Å². The monoisotopic (exact) mass is 688 g/mol. The highest BCUT2D eigenvalue weighted by molar-refractivity contribution is 5.95. The third-order valence-electron chi connectivity index (χ3n) is 8.70. The summed E-state index contributed by atoms with van der Waals surface area (Å²) in [5.74, 6) is -0.801. The van der Waals surface area contributed by atoms with Crippen molar-refractivity contribution < 1.29 is 39.5 Å². The molecule has 5 rings (SSSR count). The number of aliphatic hydroxyl groups excluding tert-OH is 4. The van der Waals surface area contributed by atoms with E-state index < -0.39 is 72.6 Å². The van der Waals surface area contributed by atoms with Crippen molar-refractivity contribution >= 4 is 23.2 Å². The molecule has 2 aliphatic rings. The van der Waals surface area contributed by atoms with Crippen molar-refractivity contribution in [2.24, 2.45) is 22.9 Å². The van der Waals surface area contributed by atoms with Gasteiger partial charge in [0.05, 0.1) is 37.8 Å². The van der Waals surface area contributed by atoms with Crippen LogP contribution in [0.25, 0.3) is 0 Å². The number of hydrogen-bond acceptors (Lipinski definition) is 16. The number of nitrogens with one attached hydrogen (secondary N) is 2. The highest BCUT2D eigenvalue weighted by atomic mass is 16.5. The molecule has 0 aliphatic heterocycles. The summed E-state index contributed by atoms with van der Waals surface area (Å²) in [6.45, 7) is 1.30. The summed E-state index contributed by atoms with van der Waals surface area (Å²) in [4.78, 5) is 25.6. The van der Waals surface area contributed by atoms with Crippen molar-refractivity contribution in [2.45, 2.75) is 107 Å². The van der Waals surface area contributed by atoms with E-state index in [1.165, 1.54) is 21.8 Å². The zero-order chi connectivity index (χ0) is 35.4. The zero-order valence-corrected chi connectivity index (χ0v) is 26.8. The van der Waals surface area contributed by atoms with Gasteiger partial charge in [0.15, 0.2) is 0 Å². The normalized spacial score (nSPS) is 30.2. The van der Waals surface area contributed by atoms with Crippen molar-refractivity contribution in [2.75, 3.05) is 10.6 Å². The van der Waals surface area contributed by atoms with E-state index in [0.717, 1.165) is 0 Å². The lowest BCUT2D eigenvalue weighted by Crippen LogP contribution is -2.61. The van der Waals surface area contributed by atoms with Gasteiger partial charge in [0.2, 0.25) is 11.8 Å². The Bertz CT molecular complexity index is 1480. The topological polar surface area (TPSA) is 323 Å². The van der Waals surface area contributed by atoms with Crippen molar-refractivity contribution in [1.82, 2.24) is 30.0 Å². The lowest BCUT2D eigenvalue weighted by molar-refractivity contribution is -0.132. The summed E-state index contributed by atoms with van der Waals surface area (Å²) in [6.07, 6.45) is -2.89. The molecule has 2 aliphatic carbocycles. The number of nitrogens with zero attached hydrogens (tertiary/aromatic N) is 6. The van der Waals surface area contributed by atoms with Crippen LogP contribution in [0.5, 0.6) is 0 Å².